The summed E-state index contributed by atoms with van der Waals surface area (Å²) in [5, 5.41) is 3.02. The van der Waals surface area contributed by atoms with Crippen molar-refractivity contribution in [2.75, 3.05) is 11.9 Å². The minimum atomic E-state index is -4.64. The predicted molar refractivity (Wildman–Crippen MR) is 56.5 cm³/mol. The van der Waals surface area contributed by atoms with E-state index in [9.17, 15) is 13.2 Å². The molecule has 0 spiro atoms. The number of hydrogen-bond donors (Lipinski definition) is 1. The minimum Gasteiger partial charge on any atom is -0.406 e. The van der Waals surface area contributed by atoms with Gasteiger partial charge in [0.1, 0.15) is 5.75 Å². The highest BCUT2D eigenvalue weighted by atomic mass is 19.4. The van der Waals surface area contributed by atoms with E-state index in [1.54, 1.807) is 6.07 Å². The van der Waals surface area contributed by atoms with E-state index in [-0.39, 0.29) is 5.75 Å². The van der Waals surface area contributed by atoms with Crippen LogP contribution in [0.25, 0.3) is 0 Å². The molecule has 0 aliphatic heterocycles. The molecule has 0 heterocycles. The topological polar surface area (TPSA) is 21.3 Å². The van der Waals surface area contributed by atoms with Crippen molar-refractivity contribution in [3.05, 3.63) is 24.3 Å². The minimum absolute atomic E-state index is 0.207. The number of anilines is 1. The molecule has 1 aromatic rings. The van der Waals surface area contributed by atoms with Gasteiger partial charge < -0.3 is 10.1 Å². The summed E-state index contributed by atoms with van der Waals surface area (Å²) in [7, 11) is 0. The molecule has 2 nitrogen and oxygen atoms in total. The molecule has 1 aromatic carbocycles. The maximum atomic E-state index is 11.9. The fourth-order valence-electron chi connectivity index (χ4n) is 1.13. The van der Waals surface area contributed by atoms with Crippen molar-refractivity contribution in [3.8, 4) is 5.75 Å². The lowest BCUT2D eigenvalue weighted by Gasteiger charge is -2.12. The smallest absolute Gasteiger partial charge is 0.406 e. The van der Waals surface area contributed by atoms with Crippen LogP contribution in [0, 0.1) is 5.92 Å². The Labute approximate surface area is 92.4 Å². The van der Waals surface area contributed by atoms with Gasteiger partial charge in [0.15, 0.2) is 0 Å². The van der Waals surface area contributed by atoms with Gasteiger partial charge in [-0.1, -0.05) is 19.9 Å². The fourth-order valence-corrected chi connectivity index (χ4v) is 1.13. The Kier molecular flexibility index (Phi) is 4.04. The second kappa shape index (κ2) is 5.09. The zero-order chi connectivity index (χ0) is 12.2. The number of hydrogen-bond acceptors (Lipinski definition) is 2. The third kappa shape index (κ3) is 4.91. The molecule has 1 rings (SSSR count). The standard InChI is InChI=1S/C11H14F3NO/c1-8(2)7-15-9-4-3-5-10(6-9)16-11(12,13)14/h3-6,8,15H,7H2,1-2H3. The predicted octanol–water partition coefficient (Wildman–Crippen LogP) is 3.65. The van der Waals surface area contributed by atoms with E-state index in [0.717, 1.165) is 0 Å². The van der Waals surface area contributed by atoms with E-state index in [4.69, 9.17) is 0 Å². The van der Waals surface area contributed by atoms with Gasteiger partial charge in [-0.25, -0.2) is 0 Å². The summed E-state index contributed by atoms with van der Waals surface area (Å²) < 4.78 is 39.6. The summed E-state index contributed by atoms with van der Waals surface area (Å²) in [5.41, 5.74) is 0.621. The highest BCUT2D eigenvalue weighted by Crippen LogP contribution is 2.24. The number of rotatable bonds is 4. The average molecular weight is 233 g/mol. The molecule has 0 atom stereocenters. The maximum Gasteiger partial charge on any atom is 0.573 e. The number of alkyl halides is 3. The van der Waals surface area contributed by atoms with Gasteiger partial charge in [-0.15, -0.1) is 13.2 Å². The first-order chi connectivity index (χ1) is 7.37. The Hall–Kier alpha value is -1.39. The first-order valence-corrected chi connectivity index (χ1v) is 4.96. The van der Waals surface area contributed by atoms with Crippen molar-refractivity contribution in [3.63, 3.8) is 0 Å². The van der Waals surface area contributed by atoms with E-state index in [2.05, 4.69) is 10.1 Å². The van der Waals surface area contributed by atoms with Gasteiger partial charge >= 0.3 is 6.36 Å². The molecular weight excluding hydrogens is 219 g/mol. The normalized spacial score (nSPS) is 11.6. The van der Waals surface area contributed by atoms with Gasteiger partial charge in [-0.2, -0.15) is 0 Å². The molecule has 0 saturated carbocycles. The number of halogens is 3. The van der Waals surface area contributed by atoms with E-state index in [0.29, 0.717) is 18.2 Å². The van der Waals surface area contributed by atoms with Crippen LogP contribution in [0.3, 0.4) is 0 Å². The zero-order valence-electron chi connectivity index (χ0n) is 9.14. The lowest BCUT2D eigenvalue weighted by molar-refractivity contribution is -0.274. The van der Waals surface area contributed by atoms with E-state index < -0.39 is 6.36 Å². The molecule has 0 amide bonds. The first-order valence-electron chi connectivity index (χ1n) is 4.96. The summed E-state index contributed by atoms with van der Waals surface area (Å²) in [6.07, 6.45) is -4.64. The Morgan fingerprint density at radius 3 is 2.56 bits per heavy atom. The molecule has 0 bridgehead atoms. The summed E-state index contributed by atoms with van der Waals surface area (Å²) in [6, 6.07) is 5.82. The summed E-state index contributed by atoms with van der Waals surface area (Å²) >= 11 is 0. The van der Waals surface area contributed by atoms with Crippen molar-refractivity contribution < 1.29 is 17.9 Å². The number of benzene rings is 1. The van der Waals surface area contributed by atoms with E-state index in [1.807, 2.05) is 13.8 Å². The van der Waals surface area contributed by atoms with Crippen molar-refractivity contribution in [1.82, 2.24) is 0 Å². The van der Waals surface area contributed by atoms with Crippen LogP contribution in [0.1, 0.15) is 13.8 Å². The summed E-state index contributed by atoms with van der Waals surface area (Å²) in [5.74, 6) is 0.216. The zero-order valence-corrected chi connectivity index (χ0v) is 9.14. The highest BCUT2D eigenvalue weighted by molar-refractivity contribution is 5.48. The molecule has 0 aliphatic rings. The van der Waals surface area contributed by atoms with Crippen LogP contribution in [0.5, 0.6) is 5.75 Å². The van der Waals surface area contributed by atoms with Crippen molar-refractivity contribution in [2.45, 2.75) is 20.2 Å². The molecule has 0 fully saturated rings. The van der Waals surface area contributed by atoms with Gasteiger partial charge in [0.25, 0.3) is 0 Å². The van der Waals surface area contributed by atoms with Crippen LogP contribution in [0.2, 0.25) is 0 Å². The van der Waals surface area contributed by atoms with Crippen LogP contribution < -0.4 is 10.1 Å². The third-order valence-corrected chi connectivity index (χ3v) is 1.78. The van der Waals surface area contributed by atoms with Crippen molar-refractivity contribution >= 4 is 5.69 Å². The molecule has 1 N–H and O–H groups in total. The number of ether oxygens (including phenoxy) is 1. The number of nitrogens with one attached hydrogen (secondary N) is 1. The van der Waals surface area contributed by atoms with Crippen molar-refractivity contribution in [2.24, 2.45) is 5.92 Å². The Balaban J connectivity index is 2.64. The van der Waals surface area contributed by atoms with Gasteiger partial charge in [0.2, 0.25) is 0 Å². The van der Waals surface area contributed by atoms with Crippen LogP contribution in [0.4, 0.5) is 18.9 Å². The second-order valence-electron chi connectivity index (χ2n) is 3.85. The van der Waals surface area contributed by atoms with E-state index in [1.165, 1.54) is 18.2 Å². The molecule has 0 aliphatic carbocycles. The van der Waals surface area contributed by atoms with Gasteiger partial charge in [-0.3, -0.25) is 0 Å². The SMILES string of the molecule is CC(C)CNc1cccc(OC(F)(F)F)c1. The maximum absolute atomic E-state index is 11.9. The molecule has 0 aromatic heterocycles. The van der Waals surface area contributed by atoms with E-state index >= 15 is 0 Å². The Morgan fingerprint density at radius 2 is 2.00 bits per heavy atom. The average Bonchev–Trinajstić information content (AvgIpc) is 2.12. The monoisotopic (exact) mass is 233 g/mol. The molecule has 5 heteroatoms. The highest BCUT2D eigenvalue weighted by Gasteiger charge is 2.31. The largest absolute Gasteiger partial charge is 0.573 e. The van der Waals surface area contributed by atoms with Crippen LogP contribution >= 0.6 is 0 Å². The van der Waals surface area contributed by atoms with Gasteiger partial charge in [0.05, 0.1) is 0 Å². The molecule has 0 unspecified atom stereocenters. The van der Waals surface area contributed by atoms with Crippen molar-refractivity contribution in [1.29, 1.82) is 0 Å². The molecule has 0 radical (unpaired) electrons. The Bertz CT molecular complexity index is 336. The lowest BCUT2D eigenvalue weighted by Crippen LogP contribution is -2.17. The summed E-state index contributed by atoms with van der Waals surface area (Å²) in [6.45, 7) is 4.74. The summed E-state index contributed by atoms with van der Waals surface area (Å²) in [4.78, 5) is 0. The van der Waals surface area contributed by atoms with Crippen LogP contribution in [-0.4, -0.2) is 12.9 Å². The first kappa shape index (κ1) is 12.7. The van der Waals surface area contributed by atoms with Gasteiger partial charge in [0, 0.05) is 18.3 Å². The van der Waals surface area contributed by atoms with Crippen LogP contribution in [0.15, 0.2) is 24.3 Å². The molecule has 90 valence electrons. The lowest BCUT2D eigenvalue weighted by atomic mass is 10.2. The fraction of sp³-hybridized carbons (Fsp3) is 0.455. The Morgan fingerprint density at radius 1 is 1.31 bits per heavy atom. The van der Waals surface area contributed by atoms with Gasteiger partial charge in [-0.05, 0) is 18.1 Å². The third-order valence-electron chi connectivity index (χ3n) is 1.78. The van der Waals surface area contributed by atoms with Crippen LogP contribution in [-0.2, 0) is 0 Å². The second-order valence-corrected chi connectivity index (χ2v) is 3.85. The molecule has 0 saturated heterocycles. The quantitative estimate of drug-likeness (QED) is 0.857. The molecular formula is C11H14F3NO. The molecule has 16 heavy (non-hydrogen) atoms.